The van der Waals surface area contributed by atoms with Crippen LogP contribution in [0, 0.1) is 0 Å². The Kier molecular flexibility index (Phi) is 3.59. The van der Waals surface area contributed by atoms with Crippen LogP contribution in [-0.4, -0.2) is 0 Å². The van der Waals surface area contributed by atoms with Crippen molar-refractivity contribution in [2.24, 2.45) is 0 Å². The maximum Gasteiger partial charge on any atom is 0.117 e. The molecular weight excluding hydrogens is 262 g/mol. The van der Waals surface area contributed by atoms with Crippen LogP contribution in [0.15, 0.2) is 57.8 Å². The zero-order chi connectivity index (χ0) is 12.2. The molecule has 3 aromatic heterocycles. The summed E-state index contributed by atoms with van der Waals surface area (Å²) in [5.41, 5.74) is 0. The average molecular weight is 275 g/mol. The molecule has 0 aliphatic rings. The van der Waals surface area contributed by atoms with Crippen molar-refractivity contribution in [1.82, 2.24) is 5.32 Å². The first-order chi connectivity index (χ1) is 8.93. The van der Waals surface area contributed by atoms with E-state index in [1.165, 1.54) is 9.75 Å². The van der Waals surface area contributed by atoms with Gasteiger partial charge in [-0.25, -0.2) is 0 Å². The van der Waals surface area contributed by atoms with E-state index < -0.39 is 0 Å². The molecule has 0 saturated carbocycles. The highest BCUT2D eigenvalue weighted by Crippen LogP contribution is 2.29. The van der Waals surface area contributed by atoms with Crippen molar-refractivity contribution in [3.05, 3.63) is 68.9 Å². The van der Waals surface area contributed by atoms with E-state index in [1.54, 1.807) is 28.9 Å². The molecular formula is C14H13NOS2. The molecule has 2 nitrogen and oxygen atoms in total. The van der Waals surface area contributed by atoms with Crippen molar-refractivity contribution >= 4 is 22.7 Å². The third kappa shape index (κ3) is 2.56. The van der Waals surface area contributed by atoms with Crippen LogP contribution in [0.25, 0.3) is 0 Å². The monoisotopic (exact) mass is 275 g/mol. The number of hydrogen-bond acceptors (Lipinski definition) is 4. The number of furan rings is 1. The van der Waals surface area contributed by atoms with Gasteiger partial charge < -0.3 is 4.42 Å². The van der Waals surface area contributed by atoms with Crippen molar-refractivity contribution in [2.45, 2.75) is 12.6 Å². The largest absolute Gasteiger partial charge is 0.468 e. The summed E-state index contributed by atoms with van der Waals surface area (Å²) in [5.74, 6) is 0.966. The molecule has 18 heavy (non-hydrogen) atoms. The van der Waals surface area contributed by atoms with Gasteiger partial charge in [0.15, 0.2) is 0 Å². The van der Waals surface area contributed by atoms with Gasteiger partial charge in [0.25, 0.3) is 0 Å². The van der Waals surface area contributed by atoms with Crippen LogP contribution < -0.4 is 5.32 Å². The Balaban J connectivity index is 1.78. The minimum absolute atomic E-state index is 0.259. The summed E-state index contributed by atoms with van der Waals surface area (Å²) in [4.78, 5) is 2.67. The Bertz CT molecular complexity index is 521. The smallest absolute Gasteiger partial charge is 0.117 e. The van der Waals surface area contributed by atoms with E-state index in [2.05, 4.69) is 40.3 Å². The van der Waals surface area contributed by atoms with Gasteiger partial charge in [-0.05, 0) is 35.0 Å². The SMILES string of the molecule is c1coc(CNC(c2cccs2)c2cccs2)c1. The average Bonchev–Trinajstić information content (AvgIpc) is 3.14. The highest BCUT2D eigenvalue weighted by atomic mass is 32.1. The van der Waals surface area contributed by atoms with Crippen molar-refractivity contribution in [1.29, 1.82) is 0 Å². The molecule has 0 aromatic carbocycles. The number of hydrogen-bond donors (Lipinski definition) is 1. The highest BCUT2D eigenvalue weighted by molar-refractivity contribution is 7.11. The summed E-state index contributed by atoms with van der Waals surface area (Å²) < 4.78 is 5.36. The lowest BCUT2D eigenvalue weighted by Crippen LogP contribution is -2.20. The predicted molar refractivity (Wildman–Crippen MR) is 76.0 cm³/mol. The van der Waals surface area contributed by atoms with E-state index in [-0.39, 0.29) is 6.04 Å². The zero-order valence-corrected chi connectivity index (χ0v) is 11.3. The van der Waals surface area contributed by atoms with E-state index in [1.807, 2.05) is 12.1 Å². The summed E-state index contributed by atoms with van der Waals surface area (Å²) >= 11 is 3.56. The lowest BCUT2D eigenvalue weighted by atomic mass is 10.2. The molecule has 3 heterocycles. The van der Waals surface area contributed by atoms with Gasteiger partial charge in [0.05, 0.1) is 18.8 Å². The van der Waals surface area contributed by atoms with Crippen LogP contribution in [-0.2, 0) is 6.54 Å². The minimum atomic E-state index is 0.259. The van der Waals surface area contributed by atoms with Gasteiger partial charge in [0.2, 0.25) is 0 Å². The second-order valence-corrected chi connectivity index (χ2v) is 5.88. The van der Waals surface area contributed by atoms with Gasteiger partial charge in [-0.3, -0.25) is 5.32 Å². The Morgan fingerprint density at radius 2 is 1.72 bits per heavy atom. The lowest BCUT2D eigenvalue weighted by Gasteiger charge is -2.15. The molecule has 1 N–H and O–H groups in total. The van der Waals surface area contributed by atoms with Crippen LogP contribution in [0.4, 0.5) is 0 Å². The maximum absolute atomic E-state index is 5.36. The third-order valence-corrected chi connectivity index (χ3v) is 4.59. The number of nitrogens with one attached hydrogen (secondary N) is 1. The minimum Gasteiger partial charge on any atom is -0.468 e. The van der Waals surface area contributed by atoms with E-state index in [0.717, 1.165) is 12.3 Å². The molecule has 0 spiro atoms. The molecule has 3 aromatic rings. The second-order valence-electron chi connectivity index (χ2n) is 3.92. The van der Waals surface area contributed by atoms with E-state index in [4.69, 9.17) is 4.42 Å². The first kappa shape index (κ1) is 11.7. The van der Waals surface area contributed by atoms with Crippen LogP contribution in [0.1, 0.15) is 21.6 Å². The lowest BCUT2D eigenvalue weighted by molar-refractivity contribution is 0.471. The molecule has 0 unspecified atom stereocenters. The summed E-state index contributed by atoms with van der Waals surface area (Å²) in [7, 11) is 0. The Hall–Kier alpha value is -1.36. The molecule has 0 aliphatic heterocycles. The van der Waals surface area contributed by atoms with Crippen LogP contribution in [0.5, 0.6) is 0 Å². The summed E-state index contributed by atoms with van der Waals surface area (Å²) in [5, 5.41) is 7.79. The molecule has 3 rings (SSSR count). The zero-order valence-electron chi connectivity index (χ0n) is 9.71. The summed E-state index contributed by atoms with van der Waals surface area (Å²) in [6, 6.07) is 12.7. The molecule has 0 bridgehead atoms. The van der Waals surface area contributed by atoms with Crippen molar-refractivity contribution in [3.8, 4) is 0 Å². The number of rotatable bonds is 5. The molecule has 0 atom stereocenters. The van der Waals surface area contributed by atoms with Gasteiger partial charge in [-0.2, -0.15) is 0 Å². The molecule has 0 radical (unpaired) electrons. The number of thiophene rings is 2. The topological polar surface area (TPSA) is 25.2 Å². The fourth-order valence-electron chi connectivity index (χ4n) is 1.87. The van der Waals surface area contributed by atoms with Gasteiger partial charge in [-0.15, -0.1) is 22.7 Å². The van der Waals surface area contributed by atoms with E-state index in [9.17, 15) is 0 Å². The molecule has 0 fully saturated rings. The Morgan fingerprint density at radius 3 is 2.22 bits per heavy atom. The summed E-state index contributed by atoms with van der Waals surface area (Å²) in [6.45, 7) is 0.744. The standard InChI is InChI=1S/C14H13NOS2/c1-4-11(16-7-1)10-15-14(12-5-2-8-17-12)13-6-3-9-18-13/h1-9,14-15H,10H2. The van der Waals surface area contributed by atoms with Crippen LogP contribution >= 0.6 is 22.7 Å². The quantitative estimate of drug-likeness (QED) is 0.751. The maximum atomic E-state index is 5.36. The van der Waals surface area contributed by atoms with Crippen molar-refractivity contribution < 1.29 is 4.42 Å². The van der Waals surface area contributed by atoms with Crippen molar-refractivity contribution in [2.75, 3.05) is 0 Å². The van der Waals surface area contributed by atoms with Crippen LogP contribution in [0.2, 0.25) is 0 Å². The predicted octanol–water partition coefficient (Wildman–Crippen LogP) is 4.28. The molecule has 4 heteroatoms. The molecule has 0 saturated heterocycles. The van der Waals surface area contributed by atoms with Gasteiger partial charge in [-0.1, -0.05) is 12.1 Å². The van der Waals surface area contributed by atoms with Gasteiger partial charge in [0.1, 0.15) is 5.76 Å². The second kappa shape index (κ2) is 5.52. The molecule has 0 amide bonds. The fraction of sp³-hybridized carbons (Fsp3) is 0.143. The summed E-state index contributed by atoms with van der Waals surface area (Å²) in [6.07, 6.45) is 1.71. The van der Waals surface area contributed by atoms with Crippen LogP contribution in [0.3, 0.4) is 0 Å². The van der Waals surface area contributed by atoms with E-state index in [0.29, 0.717) is 0 Å². The fourth-order valence-corrected chi connectivity index (χ4v) is 3.58. The molecule has 0 aliphatic carbocycles. The van der Waals surface area contributed by atoms with E-state index >= 15 is 0 Å². The van der Waals surface area contributed by atoms with Crippen molar-refractivity contribution in [3.63, 3.8) is 0 Å². The highest BCUT2D eigenvalue weighted by Gasteiger charge is 2.15. The Labute approximate surface area is 114 Å². The normalized spacial score (nSPS) is 11.2. The third-order valence-electron chi connectivity index (χ3n) is 2.72. The first-order valence-electron chi connectivity index (χ1n) is 5.76. The van der Waals surface area contributed by atoms with Gasteiger partial charge >= 0.3 is 0 Å². The molecule has 92 valence electrons. The first-order valence-corrected chi connectivity index (χ1v) is 7.52. The Morgan fingerprint density at radius 1 is 1.00 bits per heavy atom. The van der Waals surface area contributed by atoms with Gasteiger partial charge in [0, 0.05) is 9.75 Å².